The highest BCUT2D eigenvalue weighted by atomic mass is 16.1. The van der Waals surface area contributed by atoms with Gasteiger partial charge in [0.2, 0.25) is 5.91 Å². The van der Waals surface area contributed by atoms with Crippen molar-refractivity contribution < 1.29 is 4.79 Å². The number of nitrogens with zero attached hydrogens (tertiary/aromatic N) is 1. The Hall–Kier alpha value is -1.65. The molecule has 0 aromatic carbocycles. The highest BCUT2D eigenvalue weighted by molar-refractivity contribution is 5.76. The van der Waals surface area contributed by atoms with E-state index in [1.807, 2.05) is 0 Å². The minimum Gasteiger partial charge on any atom is -0.353 e. The van der Waals surface area contributed by atoms with Crippen molar-refractivity contribution in [2.45, 2.75) is 51.5 Å². The number of aromatic nitrogens is 2. The first-order valence-corrected chi connectivity index (χ1v) is 6.56. The summed E-state index contributed by atoms with van der Waals surface area (Å²) in [6, 6.07) is 1.73. The first-order valence-electron chi connectivity index (χ1n) is 6.56. The zero-order valence-electron chi connectivity index (χ0n) is 10.7. The van der Waals surface area contributed by atoms with E-state index in [0.717, 1.165) is 36.9 Å². The maximum Gasteiger partial charge on any atom is 0.264 e. The van der Waals surface area contributed by atoms with Gasteiger partial charge in [0.15, 0.2) is 0 Å². The SMILES string of the molecule is CCCCC(=O)NC1CCc2n[nH]c(=O)cc2C1. The van der Waals surface area contributed by atoms with Crippen LogP contribution in [0, 0.1) is 0 Å². The van der Waals surface area contributed by atoms with Crippen molar-refractivity contribution in [2.75, 3.05) is 0 Å². The number of unbranched alkanes of at least 4 members (excludes halogenated alkanes) is 1. The molecule has 5 heteroatoms. The number of nitrogens with one attached hydrogen (secondary N) is 2. The van der Waals surface area contributed by atoms with Crippen LogP contribution in [-0.2, 0) is 17.6 Å². The number of rotatable bonds is 4. The predicted octanol–water partition coefficient (Wildman–Crippen LogP) is 0.934. The lowest BCUT2D eigenvalue weighted by molar-refractivity contribution is -0.122. The largest absolute Gasteiger partial charge is 0.353 e. The molecule has 0 saturated heterocycles. The van der Waals surface area contributed by atoms with Crippen molar-refractivity contribution in [3.05, 3.63) is 27.7 Å². The van der Waals surface area contributed by atoms with Gasteiger partial charge < -0.3 is 5.32 Å². The van der Waals surface area contributed by atoms with Gasteiger partial charge in [-0.2, -0.15) is 5.10 Å². The average molecular weight is 249 g/mol. The van der Waals surface area contributed by atoms with Gasteiger partial charge in [0.05, 0.1) is 5.69 Å². The van der Waals surface area contributed by atoms with E-state index in [1.54, 1.807) is 6.07 Å². The van der Waals surface area contributed by atoms with Gasteiger partial charge in [0.25, 0.3) is 5.56 Å². The lowest BCUT2D eigenvalue weighted by Crippen LogP contribution is -2.39. The zero-order chi connectivity index (χ0) is 13.0. The topological polar surface area (TPSA) is 74.8 Å². The van der Waals surface area contributed by atoms with E-state index in [-0.39, 0.29) is 17.5 Å². The van der Waals surface area contributed by atoms with E-state index in [2.05, 4.69) is 22.4 Å². The Labute approximate surface area is 106 Å². The second-order valence-corrected chi connectivity index (χ2v) is 4.81. The van der Waals surface area contributed by atoms with Crippen molar-refractivity contribution >= 4 is 5.91 Å². The lowest BCUT2D eigenvalue weighted by atomic mass is 9.92. The van der Waals surface area contributed by atoms with Gasteiger partial charge in [-0.25, -0.2) is 5.10 Å². The number of hydrogen-bond donors (Lipinski definition) is 2. The molecule has 1 heterocycles. The fourth-order valence-corrected chi connectivity index (χ4v) is 2.30. The van der Waals surface area contributed by atoms with Gasteiger partial charge in [-0.3, -0.25) is 9.59 Å². The van der Waals surface area contributed by atoms with E-state index in [1.165, 1.54) is 0 Å². The monoisotopic (exact) mass is 249 g/mol. The van der Waals surface area contributed by atoms with Crippen LogP contribution >= 0.6 is 0 Å². The Morgan fingerprint density at radius 3 is 3.22 bits per heavy atom. The van der Waals surface area contributed by atoms with Crippen LogP contribution in [0.1, 0.15) is 43.9 Å². The van der Waals surface area contributed by atoms with Crippen molar-refractivity contribution in [3.63, 3.8) is 0 Å². The summed E-state index contributed by atoms with van der Waals surface area (Å²) in [7, 11) is 0. The number of carbonyl (C=O) groups is 1. The number of aryl methyl sites for hydroxylation is 1. The van der Waals surface area contributed by atoms with Crippen LogP contribution in [0.4, 0.5) is 0 Å². The number of hydrogen-bond acceptors (Lipinski definition) is 3. The number of aromatic amines is 1. The standard InChI is InChI=1S/C13H19N3O2/c1-2-3-4-12(17)14-10-5-6-11-9(7-10)8-13(18)16-15-11/h8,10H,2-7H2,1H3,(H,14,17)(H,16,18). The summed E-state index contributed by atoms with van der Waals surface area (Å²) < 4.78 is 0. The summed E-state index contributed by atoms with van der Waals surface area (Å²) in [5.74, 6) is 0.114. The summed E-state index contributed by atoms with van der Waals surface area (Å²) in [6.45, 7) is 2.07. The number of amides is 1. The second kappa shape index (κ2) is 5.80. The average Bonchev–Trinajstić information content (AvgIpc) is 2.36. The first-order chi connectivity index (χ1) is 8.69. The Morgan fingerprint density at radius 1 is 1.61 bits per heavy atom. The zero-order valence-corrected chi connectivity index (χ0v) is 10.7. The first kappa shape index (κ1) is 12.8. The predicted molar refractivity (Wildman–Crippen MR) is 68.3 cm³/mol. The van der Waals surface area contributed by atoms with Crippen LogP contribution in [0.2, 0.25) is 0 Å². The minimum atomic E-state index is -0.174. The van der Waals surface area contributed by atoms with Crippen LogP contribution in [0.15, 0.2) is 10.9 Å². The Balaban J connectivity index is 1.95. The van der Waals surface area contributed by atoms with Crippen LogP contribution in [0.5, 0.6) is 0 Å². The molecule has 0 aliphatic heterocycles. The molecule has 98 valence electrons. The molecule has 0 saturated carbocycles. The fourth-order valence-electron chi connectivity index (χ4n) is 2.30. The summed E-state index contributed by atoms with van der Waals surface area (Å²) in [5, 5.41) is 9.52. The molecule has 1 aromatic heterocycles. The molecule has 1 aliphatic rings. The van der Waals surface area contributed by atoms with Gasteiger partial charge in [-0.05, 0) is 31.2 Å². The number of carbonyl (C=O) groups excluding carboxylic acids is 1. The molecule has 2 rings (SSSR count). The van der Waals surface area contributed by atoms with Gasteiger partial charge in [0.1, 0.15) is 0 Å². The third-order valence-corrected chi connectivity index (χ3v) is 3.30. The molecule has 1 amide bonds. The third-order valence-electron chi connectivity index (χ3n) is 3.30. The third kappa shape index (κ3) is 3.18. The van der Waals surface area contributed by atoms with E-state index in [0.29, 0.717) is 12.8 Å². The van der Waals surface area contributed by atoms with Crippen LogP contribution in [-0.4, -0.2) is 22.1 Å². The molecule has 0 fully saturated rings. The second-order valence-electron chi connectivity index (χ2n) is 4.81. The summed E-state index contributed by atoms with van der Waals surface area (Å²) in [5.41, 5.74) is 1.74. The summed E-state index contributed by atoms with van der Waals surface area (Å²) >= 11 is 0. The van der Waals surface area contributed by atoms with Crippen molar-refractivity contribution in [2.24, 2.45) is 0 Å². The smallest absolute Gasteiger partial charge is 0.264 e. The van der Waals surface area contributed by atoms with Gasteiger partial charge >= 0.3 is 0 Å². The molecule has 0 spiro atoms. The molecule has 1 unspecified atom stereocenters. The Morgan fingerprint density at radius 2 is 2.44 bits per heavy atom. The van der Waals surface area contributed by atoms with E-state index >= 15 is 0 Å². The van der Waals surface area contributed by atoms with Crippen LogP contribution in [0.3, 0.4) is 0 Å². The maximum atomic E-state index is 11.7. The Bertz CT molecular complexity index is 481. The van der Waals surface area contributed by atoms with Crippen molar-refractivity contribution in [1.82, 2.24) is 15.5 Å². The van der Waals surface area contributed by atoms with Crippen molar-refractivity contribution in [3.8, 4) is 0 Å². The van der Waals surface area contributed by atoms with Crippen molar-refractivity contribution in [1.29, 1.82) is 0 Å². The Kier molecular flexibility index (Phi) is 4.12. The minimum absolute atomic E-state index is 0.114. The molecular formula is C13H19N3O2. The summed E-state index contributed by atoms with van der Waals surface area (Å²) in [4.78, 5) is 22.9. The van der Waals surface area contributed by atoms with E-state index < -0.39 is 0 Å². The molecule has 5 nitrogen and oxygen atoms in total. The molecule has 1 atom stereocenters. The molecule has 2 N–H and O–H groups in total. The van der Waals surface area contributed by atoms with E-state index in [9.17, 15) is 9.59 Å². The van der Waals surface area contributed by atoms with Crippen LogP contribution in [0.25, 0.3) is 0 Å². The van der Waals surface area contributed by atoms with Gasteiger partial charge in [0, 0.05) is 18.5 Å². The molecule has 18 heavy (non-hydrogen) atoms. The number of fused-ring (bicyclic) bond motifs is 1. The fraction of sp³-hybridized carbons (Fsp3) is 0.615. The molecule has 0 radical (unpaired) electrons. The normalized spacial score (nSPS) is 18.2. The molecule has 1 aliphatic carbocycles. The van der Waals surface area contributed by atoms with Gasteiger partial charge in [-0.1, -0.05) is 13.3 Å². The number of H-pyrrole nitrogens is 1. The van der Waals surface area contributed by atoms with E-state index in [4.69, 9.17) is 0 Å². The lowest BCUT2D eigenvalue weighted by Gasteiger charge is -2.24. The quantitative estimate of drug-likeness (QED) is 0.833. The molecule has 1 aromatic rings. The summed E-state index contributed by atoms with van der Waals surface area (Å²) in [6.07, 6.45) is 4.96. The molecule has 0 bridgehead atoms. The maximum absolute atomic E-state index is 11.7. The van der Waals surface area contributed by atoms with Gasteiger partial charge in [-0.15, -0.1) is 0 Å². The molecular weight excluding hydrogens is 230 g/mol. The highest BCUT2D eigenvalue weighted by Gasteiger charge is 2.21. The highest BCUT2D eigenvalue weighted by Crippen LogP contribution is 2.17. The van der Waals surface area contributed by atoms with Crippen LogP contribution < -0.4 is 10.9 Å².